The van der Waals surface area contributed by atoms with E-state index in [9.17, 15) is 21.9 Å². The van der Waals surface area contributed by atoms with Crippen molar-refractivity contribution in [2.45, 2.75) is 75.9 Å². The van der Waals surface area contributed by atoms with Gasteiger partial charge in [0.1, 0.15) is 11.4 Å². The topological polar surface area (TPSA) is 125 Å². The number of nitrogens with one attached hydrogen (secondary N) is 3. The summed E-state index contributed by atoms with van der Waals surface area (Å²) in [5.41, 5.74) is 5.56. The predicted octanol–water partition coefficient (Wildman–Crippen LogP) is 5.01. The monoisotopic (exact) mass is 538 g/mol. The zero-order valence-electron chi connectivity index (χ0n) is 20.9. The Kier molecular flexibility index (Phi) is 10.3. The summed E-state index contributed by atoms with van der Waals surface area (Å²) in [7, 11) is 6.30. The highest BCUT2D eigenvalue weighted by atomic mass is 32.2. The summed E-state index contributed by atoms with van der Waals surface area (Å²) < 4.78 is 64.0. The smallest absolute Gasteiger partial charge is 0.369 e. The van der Waals surface area contributed by atoms with Gasteiger partial charge in [-0.3, -0.25) is 4.55 Å². The average molecular weight is 538 g/mol. The largest absolute Gasteiger partial charge is 0.421 e. The molecule has 202 valence electrons. The molecule has 0 amide bonds. The first kappa shape index (κ1) is 29.3. The van der Waals surface area contributed by atoms with Gasteiger partial charge in [0.2, 0.25) is 17.2 Å². The van der Waals surface area contributed by atoms with E-state index in [1.807, 2.05) is 19.1 Å². The van der Waals surface area contributed by atoms with Gasteiger partial charge in [-0.05, 0) is 61.7 Å². The molecule has 1 aliphatic rings. The van der Waals surface area contributed by atoms with Crippen LogP contribution >= 0.6 is 0 Å². The van der Waals surface area contributed by atoms with Crippen molar-refractivity contribution in [1.82, 2.24) is 14.7 Å². The molecule has 1 aliphatic carbocycles. The van der Waals surface area contributed by atoms with Gasteiger partial charge >= 0.3 is 6.18 Å². The number of halogens is 3. The molecule has 0 bridgehead atoms. The van der Waals surface area contributed by atoms with Crippen molar-refractivity contribution in [2.75, 3.05) is 17.2 Å². The van der Waals surface area contributed by atoms with E-state index in [1.165, 1.54) is 0 Å². The molecule has 1 aromatic heterocycles. The number of benzene rings is 1. The Morgan fingerprint density at radius 2 is 1.86 bits per heavy atom. The van der Waals surface area contributed by atoms with E-state index in [2.05, 4.69) is 25.3 Å². The fourth-order valence-corrected chi connectivity index (χ4v) is 5.08. The first-order valence-corrected chi connectivity index (χ1v) is 13.5. The van der Waals surface area contributed by atoms with Crippen LogP contribution in [0.4, 0.5) is 30.6 Å². The van der Waals surface area contributed by atoms with Gasteiger partial charge in [0.15, 0.2) is 0 Å². The van der Waals surface area contributed by atoms with Crippen molar-refractivity contribution in [1.29, 1.82) is 0 Å². The van der Waals surface area contributed by atoms with Crippen LogP contribution < -0.4 is 21.1 Å². The molecule has 0 saturated heterocycles. The van der Waals surface area contributed by atoms with Crippen LogP contribution in [0, 0.1) is 5.92 Å². The Balaban J connectivity index is 1.70. The van der Waals surface area contributed by atoms with Crippen molar-refractivity contribution < 1.29 is 21.9 Å². The van der Waals surface area contributed by atoms with E-state index in [0.717, 1.165) is 43.9 Å². The Labute approximate surface area is 219 Å². The van der Waals surface area contributed by atoms with Gasteiger partial charge in [-0.2, -0.15) is 18.2 Å². The molecule has 37 heavy (non-hydrogen) atoms. The third-order valence-corrected chi connectivity index (χ3v) is 7.19. The number of aromatic nitrogens is 2. The minimum Gasteiger partial charge on any atom is -0.369 e. The van der Waals surface area contributed by atoms with Crippen molar-refractivity contribution in [3.63, 3.8) is 0 Å². The summed E-state index contributed by atoms with van der Waals surface area (Å²) in [5, 5.41) is 5.86. The normalized spacial score (nSPS) is 23.1. The minimum atomic E-state index is -4.61. The van der Waals surface area contributed by atoms with E-state index in [0.29, 0.717) is 31.5 Å². The summed E-state index contributed by atoms with van der Waals surface area (Å²) in [4.78, 5) is 8.01. The average Bonchev–Trinajstić information content (AvgIpc) is 2.81. The van der Waals surface area contributed by atoms with Gasteiger partial charge in [0.05, 0.1) is 7.85 Å². The molecule has 8 nitrogen and oxygen atoms in total. The zero-order valence-corrected chi connectivity index (χ0v) is 21.7. The summed E-state index contributed by atoms with van der Waals surface area (Å²) in [6.07, 6.45) is 2.07. The van der Waals surface area contributed by atoms with Crippen LogP contribution in [-0.2, 0) is 17.4 Å². The van der Waals surface area contributed by atoms with Gasteiger partial charge in [-0.15, -0.1) is 0 Å². The highest BCUT2D eigenvalue weighted by Crippen LogP contribution is 2.35. The Morgan fingerprint density at radius 3 is 2.51 bits per heavy atom. The van der Waals surface area contributed by atoms with Crippen LogP contribution in [0.1, 0.15) is 75.5 Å². The van der Waals surface area contributed by atoms with Gasteiger partial charge in [0, 0.05) is 24.5 Å². The third kappa shape index (κ3) is 9.24. The minimum absolute atomic E-state index is 0.0472. The SMILES string of the molecule is [B]C1(NS(=O)O)CCCCCC(CNc2nc(Nc3ccc([C@@H](C)N)cc3)ncc2C(F)(F)F)CCC1. The van der Waals surface area contributed by atoms with Gasteiger partial charge in [-0.25, -0.2) is 13.9 Å². The molecule has 1 saturated carbocycles. The molecule has 13 heteroatoms. The number of anilines is 3. The lowest BCUT2D eigenvalue weighted by molar-refractivity contribution is -0.137. The fourth-order valence-electron chi connectivity index (χ4n) is 4.53. The molecule has 2 aromatic rings. The molecule has 0 spiro atoms. The summed E-state index contributed by atoms with van der Waals surface area (Å²) in [6, 6.07) is 7.07. The lowest BCUT2D eigenvalue weighted by Gasteiger charge is -2.32. The number of nitrogens with zero attached hydrogens (tertiary/aromatic N) is 2. The van der Waals surface area contributed by atoms with Crippen LogP contribution in [0.5, 0.6) is 0 Å². The Hall–Kier alpha value is -2.22. The second kappa shape index (κ2) is 13.0. The number of hydrogen-bond donors (Lipinski definition) is 5. The van der Waals surface area contributed by atoms with E-state index in [4.69, 9.17) is 13.6 Å². The molecule has 4 atom stereocenters. The fraction of sp³-hybridized carbons (Fsp3) is 0.583. The number of hydrogen-bond acceptors (Lipinski definition) is 6. The summed E-state index contributed by atoms with van der Waals surface area (Å²) >= 11 is -2.21. The molecule has 2 radical (unpaired) electrons. The van der Waals surface area contributed by atoms with Gasteiger partial charge in [0.25, 0.3) is 0 Å². The molecular formula is C24H34BF3N6O2S. The second-order valence-electron chi connectivity index (χ2n) is 9.74. The number of rotatable bonds is 8. The lowest BCUT2D eigenvalue weighted by Crippen LogP contribution is -2.46. The summed E-state index contributed by atoms with van der Waals surface area (Å²) in [5.74, 6) is -0.133. The summed E-state index contributed by atoms with van der Waals surface area (Å²) in [6.45, 7) is 2.17. The molecule has 3 unspecified atom stereocenters. The van der Waals surface area contributed by atoms with Crippen LogP contribution in [-0.4, -0.2) is 38.6 Å². The molecule has 3 rings (SSSR count). The number of alkyl halides is 3. The Bertz CT molecular complexity index is 1040. The zero-order chi connectivity index (χ0) is 27.1. The van der Waals surface area contributed by atoms with Crippen LogP contribution in [0.2, 0.25) is 0 Å². The standard InChI is InChI=1S/C24H34BF3N6O2S/c1-16(29)18-8-10-19(11-9-18)32-22-31-15-20(24(26,27)28)21(33-22)30-14-17-6-3-2-4-12-23(25,13-5-7-17)34-37(35)36/h8-11,15-17,34H,2-7,12-14,29H2,1H3,(H,35,36)(H2,30,31,32,33)/t16-,17?,23?/m1/s1. The molecule has 6 N–H and O–H groups in total. The predicted molar refractivity (Wildman–Crippen MR) is 141 cm³/mol. The highest BCUT2D eigenvalue weighted by Gasteiger charge is 2.35. The van der Waals surface area contributed by atoms with Crippen LogP contribution in [0.25, 0.3) is 0 Å². The molecule has 1 heterocycles. The molecule has 1 aromatic carbocycles. The van der Waals surface area contributed by atoms with E-state index in [1.54, 1.807) is 12.1 Å². The lowest BCUT2D eigenvalue weighted by atomic mass is 9.70. The first-order valence-electron chi connectivity index (χ1n) is 12.4. The third-order valence-electron chi connectivity index (χ3n) is 6.61. The quantitative estimate of drug-likeness (QED) is 0.236. The highest BCUT2D eigenvalue weighted by molar-refractivity contribution is 7.77. The van der Waals surface area contributed by atoms with Gasteiger partial charge < -0.3 is 16.4 Å². The number of nitrogens with two attached hydrogens (primary N) is 1. The van der Waals surface area contributed by atoms with Crippen LogP contribution in [0.15, 0.2) is 30.5 Å². The van der Waals surface area contributed by atoms with Crippen molar-refractivity contribution in [3.8, 4) is 0 Å². The maximum atomic E-state index is 13.7. The maximum absolute atomic E-state index is 13.7. The van der Waals surface area contributed by atoms with Crippen LogP contribution in [0.3, 0.4) is 0 Å². The van der Waals surface area contributed by atoms with Gasteiger partial charge in [-0.1, -0.05) is 37.8 Å². The first-order chi connectivity index (χ1) is 17.4. The van der Waals surface area contributed by atoms with E-state index >= 15 is 0 Å². The van der Waals surface area contributed by atoms with Crippen molar-refractivity contribution in [3.05, 3.63) is 41.6 Å². The molecule has 0 aliphatic heterocycles. The molecule has 1 fully saturated rings. The van der Waals surface area contributed by atoms with E-state index < -0.39 is 28.4 Å². The van der Waals surface area contributed by atoms with Crippen molar-refractivity contribution in [2.24, 2.45) is 11.7 Å². The van der Waals surface area contributed by atoms with E-state index in [-0.39, 0.29) is 23.7 Å². The second-order valence-corrected chi connectivity index (χ2v) is 10.4. The molecular weight excluding hydrogens is 504 g/mol. The maximum Gasteiger partial charge on any atom is 0.421 e. The van der Waals surface area contributed by atoms with Crippen molar-refractivity contribution >= 4 is 36.6 Å². The Morgan fingerprint density at radius 1 is 1.19 bits per heavy atom.